The normalized spacial score (nSPS) is 12.2. The standard InChI is InChI=1S/C15H16F2N2O/c1-9-8-10(20-2)6-7-11(9)15(19-18)14-12(16)4-3-5-13(14)17/h3-8,15,19H,18H2,1-2H3. The molecule has 0 aromatic heterocycles. The lowest BCUT2D eigenvalue weighted by atomic mass is 9.94. The van der Waals surface area contributed by atoms with E-state index in [-0.39, 0.29) is 5.56 Å². The minimum atomic E-state index is -0.762. The van der Waals surface area contributed by atoms with Crippen molar-refractivity contribution in [1.29, 1.82) is 0 Å². The highest BCUT2D eigenvalue weighted by Gasteiger charge is 2.22. The molecule has 1 unspecified atom stereocenters. The second-order valence-corrected chi connectivity index (χ2v) is 4.46. The van der Waals surface area contributed by atoms with Crippen LogP contribution in [-0.4, -0.2) is 7.11 Å². The number of aryl methyl sites for hydroxylation is 1. The van der Waals surface area contributed by atoms with Crippen molar-refractivity contribution in [2.45, 2.75) is 13.0 Å². The SMILES string of the molecule is COc1ccc(C(NN)c2c(F)cccc2F)c(C)c1. The topological polar surface area (TPSA) is 47.3 Å². The first-order chi connectivity index (χ1) is 9.58. The van der Waals surface area contributed by atoms with Crippen LogP contribution in [0.5, 0.6) is 5.75 Å². The maximum Gasteiger partial charge on any atom is 0.131 e. The van der Waals surface area contributed by atoms with E-state index in [0.717, 1.165) is 5.56 Å². The molecule has 0 aliphatic rings. The largest absolute Gasteiger partial charge is 0.497 e. The summed E-state index contributed by atoms with van der Waals surface area (Å²) in [5.74, 6) is 4.90. The van der Waals surface area contributed by atoms with Crippen molar-refractivity contribution in [3.8, 4) is 5.75 Å². The van der Waals surface area contributed by atoms with Crippen LogP contribution in [0.2, 0.25) is 0 Å². The van der Waals surface area contributed by atoms with Crippen LogP contribution >= 0.6 is 0 Å². The molecule has 0 heterocycles. The Morgan fingerprint density at radius 3 is 2.30 bits per heavy atom. The van der Waals surface area contributed by atoms with Gasteiger partial charge in [-0.25, -0.2) is 14.2 Å². The fraction of sp³-hybridized carbons (Fsp3) is 0.200. The fourth-order valence-electron chi connectivity index (χ4n) is 2.21. The second-order valence-electron chi connectivity index (χ2n) is 4.46. The molecule has 0 spiro atoms. The molecule has 3 N–H and O–H groups in total. The quantitative estimate of drug-likeness (QED) is 0.668. The van der Waals surface area contributed by atoms with E-state index in [1.807, 2.05) is 6.92 Å². The average Bonchev–Trinajstić information content (AvgIpc) is 2.43. The summed E-state index contributed by atoms with van der Waals surface area (Å²) >= 11 is 0. The maximum absolute atomic E-state index is 13.9. The molecule has 1 atom stereocenters. The van der Waals surface area contributed by atoms with E-state index >= 15 is 0 Å². The van der Waals surface area contributed by atoms with Crippen molar-refractivity contribution in [2.24, 2.45) is 5.84 Å². The van der Waals surface area contributed by atoms with Gasteiger partial charge in [0.15, 0.2) is 0 Å². The van der Waals surface area contributed by atoms with Gasteiger partial charge in [0.05, 0.1) is 13.2 Å². The van der Waals surface area contributed by atoms with Crippen molar-refractivity contribution in [3.63, 3.8) is 0 Å². The number of hydrogen-bond acceptors (Lipinski definition) is 3. The van der Waals surface area contributed by atoms with Gasteiger partial charge in [-0.2, -0.15) is 0 Å². The summed E-state index contributed by atoms with van der Waals surface area (Å²) in [7, 11) is 1.56. The molecular formula is C15H16F2N2O. The van der Waals surface area contributed by atoms with E-state index in [4.69, 9.17) is 10.6 Å². The van der Waals surface area contributed by atoms with Crippen LogP contribution in [0.15, 0.2) is 36.4 Å². The smallest absolute Gasteiger partial charge is 0.131 e. The summed E-state index contributed by atoms with van der Waals surface area (Å²) in [4.78, 5) is 0. The number of methoxy groups -OCH3 is 1. The molecule has 0 fully saturated rings. The van der Waals surface area contributed by atoms with Crippen molar-refractivity contribution in [1.82, 2.24) is 5.43 Å². The number of hydrazine groups is 1. The molecule has 2 aromatic rings. The number of benzene rings is 2. The molecule has 2 rings (SSSR count). The zero-order chi connectivity index (χ0) is 14.7. The molecule has 0 saturated heterocycles. The molecule has 20 heavy (non-hydrogen) atoms. The van der Waals surface area contributed by atoms with Crippen LogP contribution in [0.25, 0.3) is 0 Å². The number of halogens is 2. The minimum absolute atomic E-state index is 0.0942. The third kappa shape index (κ3) is 2.64. The van der Waals surface area contributed by atoms with Crippen LogP contribution < -0.4 is 16.0 Å². The Morgan fingerprint density at radius 1 is 1.15 bits per heavy atom. The van der Waals surface area contributed by atoms with Gasteiger partial charge in [-0.05, 0) is 42.3 Å². The van der Waals surface area contributed by atoms with Crippen LogP contribution in [0.1, 0.15) is 22.7 Å². The molecule has 3 nitrogen and oxygen atoms in total. The summed E-state index contributed by atoms with van der Waals surface area (Å²) in [5.41, 5.74) is 3.90. The van der Waals surface area contributed by atoms with Crippen LogP contribution in [0, 0.1) is 18.6 Å². The highest BCUT2D eigenvalue weighted by atomic mass is 19.1. The predicted octanol–water partition coefficient (Wildman–Crippen LogP) is 2.83. The highest BCUT2D eigenvalue weighted by Crippen LogP contribution is 2.30. The fourth-order valence-corrected chi connectivity index (χ4v) is 2.21. The molecule has 106 valence electrons. The van der Waals surface area contributed by atoms with Crippen LogP contribution in [0.3, 0.4) is 0 Å². The summed E-state index contributed by atoms with van der Waals surface area (Å²) in [6, 6.07) is 8.24. The molecule has 0 bridgehead atoms. The van der Waals surface area contributed by atoms with Gasteiger partial charge in [0.2, 0.25) is 0 Å². The Balaban J connectivity index is 2.53. The molecule has 0 aliphatic carbocycles. The van der Waals surface area contributed by atoms with Gasteiger partial charge < -0.3 is 4.74 Å². The van der Waals surface area contributed by atoms with E-state index in [0.29, 0.717) is 11.3 Å². The van der Waals surface area contributed by atoms with Crippen molar-refractivity contribution in [2.75, 3.05) is 7.11 Å². The predicted molar refractivity (Wildman–Crippen MR) is 73.3 cm³/mol. The van der Waals surface area contributed by atoms with Crippen molar-refractivity contribution < 1.29 is 13.5 Å². The van der Waals surface area contributed by atoms with Crippen LogP contribution in [0.4, 0.5) is 8.78 Å². The first kappa shape index (κ1) is 14.4. The van der Waals surface area contributed by atoms with Gasteiger partial charge in [-0.15, -0.1) is 0 Å². The summed E-state index contributed by atoms with van der Waals surface area (Å²) < 4.78 is 32.9. The molecule has 5 heteroatoms. The number of nitrogens with two attached hydrogens (primary N) is 1. The second kappa shape index (κ2) is 5.98. The number of rotatable bonds is 4. The Bertz CT molecular complexity index is 597. The Morgan fingerprint density at radius 2 is 1.80 bits per heavy atom. The van der Waals surface area contributed by atoms with E-state index in [1.54, 1.807) is 25.3 Å². The molecule has 0 amide bonds. The molecule has 0 saturated carbocycles. The third-order valence-electron chi connectivity index (χ3n) is 3.24. The average molecular weight is 278 g/mol. The molecular weight excluding hydrogens is 262 g/mol. The number of nitrogens with one attached hydrogen (secondary N) is 1. The molecule has 0 radical (unpaired) electrons. The number of hydrogen-bond donors (Lipinski definition) is 2. The lowest BCUT2D eigenvalue weighted by Gasteiger charge is -2.20. The zero-order valence-corrected chi connectivity index (χ0v) is 11.3. The first-order valence-electron chi connectivity index (χ1n) is 6.13. The third-order valence-corrected chi connectivity index (χ3v) is 3.24. The summed E-state index contributed by atoms with van der Waals surface area (Å²) in [5, 5.41) is 0. The zero-order valence-electron chi connectivity index (χ0n) is 11.3. The van der Waals surface area contributed by atoms with Crippen molar-refractivity contribution in [3.05, 3.63) is 64.7 Å². The van der Waals surface area contributed by atoms with E-state index < -0.39 is 17.7 Å². The lowest BCUT2D eigenvalue weighted by Crippen LogP contribution is -2.30. The lowest BCUT2D eigenvalue weighted by molar-refractivity contribution is 0.414. The first-order valence-corrected chi connectivity index (χ1v) is 6.13. The van der Waals surface area contributed by atoms with Gasteiger partial charge in [0.1, 0.15) is 17.4 Å². The monoisotopic (exact) mass is 278 g/mol. The molecule has 0 aliphatic heterocycles. The van der Waals surface area contributed by atoms with Gasteiger partial charge in [0.25, 0.3) is 0 Å². The van der Waals surface area contributed by atoms with Gasteiger partial charge in [0, 0.05) is 5.56 Å². The van der Waals surface area contributed by atoms with Crippen LogP contribution in [-0.2, 0) is 0 Å². The highest BCUT2D eigenvalue weighted by molar-refractivity contribution is 5.41. The minimum Gasteiger partial charge on any atom is -0.497 e. The maximum atomic E-state index is 13.9. The number of ether oxygens (including phenoxy) is 1. The summed E-state index contributed by atoms with van der Waals surface area (Å²) in [6.07, 6.45) is 0. The van der Waals surface area contributed by atoms with Gasteiger partial charge in [-0.1, -0.05) is 12.1 Å². The van der Waals surface area contributed by atoms with E-state index in [1.165, 1.54) is 18.2 Å². The van der Waals surface area contributed by atoms with Crippen molar-refractivity contribution >= 4 is 0 Å². The van der Waals surface area contributed by atoms with Gasteiger partial charge >= 0.3 is 0 Å². The Labute approximate surface area is 116 Å². The van der Waals surface area contributed by atoms with E-state index in [2.05, 4.69) is 5.43 Å². The van der Waals surface area contributed by atoms with Gasteiger partial charge in [-0.3, -0.25) is 5.84 Å². The molecule has 2 aromatic carbocycles. The van der Waals surface area contributed by atoms with E-state index in [9.17, 15) is 8.78 Å². The Kier molecular flexibility index (Phi) is 4.32. The summed E-state index contributed by atoms with van der Waals surface area (Å²) in [6.45, 7) is 1.83. The Hall–Kier alpha value is -1.98.